The summed E-state index contributed by atoms with van der Waals surface area (Å²) < 4.78 is 5.12. The molecule has 1 aromatic heterocycles. The molecule has 6 heteroatoms. The van der Waals surface area contributed by atoms with Crippen LogP contribution in [0.1, 0.15) is 19.6 Å². The lowest BCUT2D eigenvalue weighted by Crippen LogP contribution is -2.42. The van der Waals surface area contributed by atoms with E-state index in [1.807, 2.05) is 13.8 Å². The van der Waals surface area contributed by atoms with Gasteiger partial charge in [-0.05, 0) is 25.6 Å². The molecule has 0 unspecified atom stereocenters. The summed E-state index contributed by atoms with van der Waals surface area (Å²) in [5.41, 5.74) is 0. The van der Waals surface area contributed by atoms with Crippen LogP contribution in [0.3, 0.4) is 0 Å². The summed E-state index contributed by atoms with van der Waals surface area (Å²) in [5.74, 6) is 0.519. The van der Waals surface area contributed by atoms with E-state index in [1.54, 1.807) is 23.3 Å². The first-order valence-corrected chi connectivity index (χ1v) is 6.43. The van der Waals surface area contributed by atoms with Gasteiger partial charge in [0.25, 0.3) is 0 Å². The molecule has 0 spiro atoms. The molecule has 0 bridgehead atoms. The average Bonchev–Trinajstić information content (AvgIpc) is 2.89. The number of hydrogen-bond acceptors (Lipinski definition) is 4. The topological polar surface area (TPSA) is 74.6 Å². The number of hydrogen-bond donors (Lipinski definition) is 2. The monoisotopic (exact) mass is 267 g/mol. The fraction of sp³-hybridized carbons (Fsp3) is 0.538. The first kappa shape index (κ1) is 15.2. The Kier molecular flexibility index (Phi) is 6.67. The van der Waals surface area contributed by atoms with E-state index >= 15 is 0 Å². The summed E-state index contributed by atoms with van der Waals surface area (Å²) in [6.07, 6.45) is 1.56. The van der Waals surface area contributed by atoms with Crippen LogP contribution >= 0.6 is 0 Å². The molecular formula is C13H21N3O3. The fourth-order valence-corrected chi connectivity index (χ4v) is 1.59. The zero-order valence-corrected chi connectivity index (χ0v) is 11.4. The van der Waals surface area contributed by atoms with Crippen LogP contribution in [0.2, 0.25) is 0 Å². The fourth-order valence-electron chi connectivity index (χ4n) is 1.59. The van der Waals surface area contributed by atoms with Crippen LogP contribution in [-0.4, -0.2) is 42.9 Å². The van der Waals surface area contributed by atoms with Crippen molar-refractivity contribution in [1.29, 1.82) is 0 Å². The quantitative estimate of drug-likeness (QED) is 0.713. The minimum Gasteiger partial charge on any atom is -0.467 e. The Morgan fingerprint density at radius 3 is 2.42 bits per heavy atom. The van der Waals surface area contributed by atoms with Crippen LogP contribution in [0.15, 0.2) is 22.8 Å². The molecule has 0 atom stereocenters. The molecule has 0 saturated carbocycles. The van der Waals surface area contributed by atoms with Gasteiger partial charge >= 0.3 is 0 Å². The SMILES string of the molecule is CCNC(=O)CN(CC)CC(=O)NCc1ccco1. The summed E-state index contributed by atoms with van der Waals surface area (Å²) in [5, 5.41) is 5.46. The zero-order valence-electron chi connectivity index (χ0n) is 11.4. The maximum Gasteiger partial charge on any atom is 0.234 e. The van der Waals surface area contributed by atoms with Gasteiger partial charge in [-0.2, -0.15) is 0 Å². The van der Waals surface area contributed by atoms with E-state index in [2.05, 4.69) is 10.6 Å². The predicted molar refractivity (Wildman–Crippen MR) is 71.4 cm³/mol. The normalized spacial score (nSPS) is 10.5. The van der Waals surface area contributed by atoms with Crippen LogP contribution in [0, 0.1) is 0 Å². The Balaban J connectivity index is 2.30. The van der Waals surface area contributed by atoms with E-state index in [9.17, 15) is 9.59 Å². The number of nitrogens with one attached hydrogen (secondary N) is 2. The van der Waals surface area contributed by atoms with Crippen molar-refractivity contribution in [1.82, 2.24) is 15.5 Å². The summed E-state index contributed by atoms with van der Waals surface area (Å²) in [6.45, 7) is 5.83. The number of nitrogens with zero attached hydrogens (tertiary/aromatic N) is 1. The van der Waals surface area contributed by atoms with Gasteiger partial charge in [-0.3, -0.25) is 14.5 Å². The Morgan fingerprint density at radius 2 is 1.89 bits per heavy atom. The molecule has 0 saturated heterocycles. The minimum atomic E-state index is -0.123. The minimum absolute atomic E-state index is 0.0665. The van der Waals surface area contributed by atoms with E-state index < -0.39 is 0 Å². The highest BCUT2D eigenvalue weighted by molar-refractivity contribution is 5.81. The van der Waals surface area contributed by atoms with Gasteiger partial charge in [0.1, 0.15) is 5.76 Å². The third-order valence-corrected chi connectivity index (χ3v) is 2.60. The maximum absolute atomic E-state index is 11.7. The highest BCUT2D eigenvalue weighted by atomic mass is 16.3. The molecule has 0 radical (unpaired) electrons. The molecule has 106 valence electrons. The lowest BCUT2D eigenvalue weighted by molar-refractivity contribution is -0.125. The Hall–Kier alpha value is -1.82. The highest BCUT2D eigenvalue weighted by Crippen LogP contribution is 1.98. The Labute approximate surface area is 113 Å². The van der Waals surface area contributed by atoms with Gasteiger partial charge in [-0.25, -0.2) is 0 Å². The van der Waals surface area contributed by atoms with Crippen molar-refractivity contribution in [2.24, 2.45) is 0 Å². The number of likely N-dealkylation sites (N-methyl/N-ethyl adjacent to an activating group) is 2. The van der Waals surface area contributed by atoms with Crippen molar-refractivity contribution in [3.8, 4) is 0 Å². The second-order valence-electron chi connectivity index (χ2n) is 4.11. The second-order valence-corrected chi connectivity index (χ2v) is 4.11. The zero-order chi connectivity index (χ0) is 14.1. The number of amides is 2. The largest absolute Gasteiger partial charge is 0.467 e. The van der Waals surface area contributed by atoms with Crippen LogP contribution in [0.5, 0.6) is 0 Å². The van der Waals surface area contributed by atoms with Crippen molar-refractivity contribution in [3.05, 3.63) is 24.2 Å². The summed E-state index contributed by atoms with van der Waals surface area (Å²) >= 11 is 0. The molecular weight excluding hydrogens is 246 g/mol. The van der Waals surface area contributed by atoms with Gasteiger partial charge < -0.3 is 15.1 Å². The Bertz CT molecular complexity index is 390. The van der Waals surface area contributed by atoms with E-state index in [1.165, 1.54) is 0 Å². The van der Waals surface area contributed by atoms with Gasteiger partial charge in [-0.1, -0.05) is 6.92 Å². The maximum atomic E-state index is 11.7. The second kappa shape index (κ2) is 8.31. The van der Waals surface area contributed by atoms with Gasteiger partial charge in [-0.15, -0.1) is 0 Å². The van der Waals surface area contributed by atoms with Crippen molar-refractivity contribution in [2.45, 2.75) is 20.4 Å². The molecule has 0 fully saturated rings. The number of carbonyl (C=O) groups excluding carboxylic acids is 2. The van der Waals surface area contributed by atoms with Gasteiger partial charge in [0, 0.05) is 6.54 Å². The van der Waals surface area contributed by atoms with Crippen LogP contribution in [-0.2, 0) is 16.1 Å². The third kappa shape index (κ3) is 6.05. The molecule has 0 aliphatic heterocycles. The first-order valence-electron chi connectivity index (χ1n) is 6.43. The molecule has 1 aromatic rings. The van der Waals surface area contributed by atoms with Crippen molar-refractivity contribution in [3.63, 3.8) is 0 Å². The Morgan fingerprint density at radius 1 is 1.21 bits per heavy atom. The molecule has 2 amide bonds. The first-order chi connectivity index (χ1) is 9.15. The molecule has 19 heavy (non-hydrogen) atoms. The molecule has 1 heterocycles. The molecule has 1 rings (SSSR count). The highest BCUT2D eigenvalue weighted by Gasteiger charge is 2.12. The standard InChI is InChI=1S/C13H21N3O3/c1-3-14-12(17)9-16(4-2)10-13(18)15-8-11-6-5-7-19-11/h5-7H,3-4,8-10H2,1-2H3,(H,14,17)(H,15,18). The predicted octanol–water partition coefficient (Wildman–Crippen LogP) is 0.354. The van der Waals surface area contributed by atoms with E-state index in [4.69, 9.17) is 4.42 Å². The van der Waals surface area contributed by atoms with E-state index in [0.29, 0.717) is 25.4 Å². The average molecular weight is 267 g/mol. The molecule has 0 aromatic carbocycles. The molecule has 0 aliphatic rings. The lowest BCUT2D eigenvalue weighted by atomic mass is 10.4. The smallest absolute Gasteiger partial charge is 0.234 e. The summed E-state index contributed by atoms with van der Waals surface area (Å²) in [7, 11) is 0. The van der Waals surface area contributed by atoms with Crippen molar-refractivity contribution >= 4 is 11.8 Å². The number of furan rings is 1. The van der Waals surface area contributed by atoms with E-state index in [-0.39, 0.29) is 24.9 Å². The van der Waals surface area contributed by atoms with Gasteiger partial charge in [0.05, 0.1) is 25.9 Å². The third-order valence-electron chi connectivity index (χ3n) is 2.60. The van der Waals surface area contributed by atoms with Gasteiger partial charge in [0.15, 0.2) is 0 Å². The summed E-state index contributed by atoms with van der Waals surface area (Å²) in [6, 6.07) is 3.57. The molecule has 2 N–H and O–H groups in total. The number of carbonyl (C=O) groups is 2. The van der Waals surface area contributed by atoms with E-state index in [0.717, 1.165) is 0 Å². The van der Waals surface area contributed by atoms with Crippen molar-refractivity contribution < 1.29 is 14.0 Å². The van der Waals surface area contributed by atoms with Gasteiger partial charge in [0.2, 0.25) is 11.8 Å². The van der Waals surface area contributed by atoms with Crippen LogP contribution in [0.25, 0.3) is 0 Å². The van der Waals surface area contributed by atoms with Crippen LogP contribution < -0.4 is 10.6 Å². The lowest BCUT2D eigenvalue weighted by Gasteiger charge is -2.18. The number of rotatable bonds is 8. The molecule has 0 aliphatic carbocycles. The van der Waals surface area contributed by atoms with Crippen molar-refractivity contribution in [2.75, 3.05) is 26.2 Å². The van der Waals surface area contributed by atoms with Crippen LogP contribution in [0.4, 0.5) is 0 Å². The summed E-state index contributed by atoms with van der Waals surface area (Å²) in [4.78, 5) is 24.9. The molecule has 6 nitrogen and oxygen atoms in total.